The topological polar surface area (TPSA) is 85.4 Å². The van der Waals surface area contributed by atoms with Gasteiger partial charge in [-0.1, -0.05) is 6.08 Å². The van der Waals surface area contributed by atoms with E-state index in [0.29, 0.717) is 23.9 Å². The Morgan fingerprint density at radius 1 is 1.22 bits per heavy atom. The molecule has 7 nitrogen and oxygen atoms in total. The Bertz CT molecular complexity index is 686. The lowest BCUT2D eigenvalue weighted by Crippen LogP contribution is -2.24. The molecule has 0 fully saturated rings. The molecule has 1 aromatic heterocycles. The van der Waals surface area contributed by atoms with Crippen LogP contribution >= 0.6 is 0 Å². The highest BCUT2D eigenvalue weighted by Gasteiger charge is 2.08. The Kier molecular flexibility index (Phi) is 5.51. The van der Waals surface area contributed by atoms with Gasteiger partial charge in [-0.05, 0) is 12.1 Å². The second-order valence-corrected chi connectivity index (χ2v) is 4.48. The Morgan fingerprint density at radius 2 is 2.00 bits per heavy atom. The predicted octanol–water partition coefficient (Wildman–Crippen LogP) is 2.15. The number of nitrogens with one attached hydrogen (secondary N) is 2. The highest BCUT2D eigenvalue weighted by molar-refractivity contribution is 5.92. The maximum absolute atomic E-state index is 11.7. The molecule has 2 aromatic rings. The fraction of sp³-hybridized carbons (Fsp3) is 0.188. The molecule has 0 saturated carbocycles. The van der Waals surface area contributed by atoms with Crippen molar-refractivity contribution < 1.29 is 14.3 Å². The normalized spacial score (nSPS) is 9.83. The van der Waals surface area contributed by atoms with E-state index in [0.717, 1.165) is 5.69 Å². The number of aromatic nitrogens is 2. The van der Waals surface area contributed by atoms with E-state index < -0.39 is 0 Å². The lowest BCUT2D eigenvalue weighted by Gasteiger charge is -2.10. The molecule has 0 spiro atoms. The molecule has 0 aliphatic heterocycles. The molecule has 0 radical (unpaired) electrons. The molecule has 7 heteroatoms. The van der Waals surface area contributed by atoms with Crippen LogP contribution in [0.1, 0.15) is 10.5 Å². The zero-order valence-electron chi connectivity index (χ0n) is 13.0. The Morgan fingerprint density at radius 3 is 2.61 bits per heavy atom. The van der Waals surface area contributed by atoms with Gasteiger partial charge in [0.15, 0.2) is 11.5 Å². The van der Waals surface area contributed by atoms with Crippen molar-refractivity contribution in [1.29, 1.82) is 0 Å². The third-order valence-corrected chi connectivity index (χ3v) is 2.95. The minimum absolute atomic E-state index is 0.240. The van der Waals surface area contributed by atoms with Crippen LogP contribution in [-0.2, 0) is 0 Å². The number of anilines is 2. The quantitative estimate of drug-likeness (QED) is 0.762. The minimum atomic E-state index is -0.296. The van der Waals surface area contributed by atoms with Crippen molar-refractivity contribution in [2.24, 2.45) is 0 Å². The van der Waals surface area contributed by atoms with Crippen molar-refractivity contribution in [1.82, 2.24) is 15.3 Å². The smallest absolute Gasteiger partial charge is 0.271 e. The van der Waals surface area contributed by atoms with Gasteiger partial charge in [-0.25, -0.2) is 9.97 Å². The van der Waals surface area contributed by atoms with E-state index >= 15 is 0 Å². The largest absolute Gasteiger partial charge is 0.493 e. The summed E-state index contributed by atoms with van der Waals surface area (Å²) in [5.74, 6) is 1.46. The van der Waals surface area contributed by atoms with Crippen molar-refractivity contribution >= 4 is 17.4 Å². The number of carbonyl (C=O) groups is 1. The number of hydrogen-bond acceptors (Lipinski definition) is 6. The fourth-order valence-corrected chi connectivity index (χ4v) is 1.83. The second-order valence-electron chi connectivity index (χ2n) is 4.48. The molecular weight excluding hydrogens is 296 g/mol. The first-order chi connectivity index (χ1) is 11.2. The van der Waals surface area contributed by atoms with Crippen molar-refractivity contribution in [3.63, 3.8) is 0 Å². The third kappa shape index (κ3) is 4.19. The van der Waals surface area contributed by atoms with Gasteiger partial charge in [-0.3, -0.25) is 4.79 Å². The molecule has 0 atom stereocenters. The number of carbonyl (C=O) groups excluding carboxylic acids is 1. The number of methoxy groups -OCH3 is 2. The van der Waals surface area contributed by atoms with Crippen molar-refractivity contribution in [3.05, 3.63) is 48.9 Å². The SMILES string of the molecule is C=CCNC(=O)c1cnc(Nc2ccc(OC)c(OC)c2)cn1. The van der Waals surface area contributed by atoms with Crippen LogP contribution in [0.5, 0.6) is 11.5 Å². The molecule has 2 N–H and O–H groups in total. The zero-order chi connectivity index (χ0) is 16.7. The van der Waals surface area contributed by atoms with Crippen LogP contribution in [0.25, 0.3) is 0 Å². The number of nitrogens with zero attached hydrogens (tertiary/aromatic N) is 2. The lowest BCUT2D eigenvalue weighted by molar-refractivity contribution is 0.0952. The van der Waals surface area contributed by atoms with Gasteiger partial charge in [-0.15, -0.1) is 6.58 Å². The molecule has 1 aromatic carbocycles. The Hall–Kier alpha value is -3.09. The van der Waals surface area contributed by atoms with Crippen LogP contribution in [0.15, 0.2) is 43.2 Å². The molecular formula is C16H18N4O3. The van der Waals surface area contributed by atoms with E-state index in [2.05, 4.69) is 27.2 Å². The molecule has 120 valence electrons. The summed E-state index contributed by atoms with van der Waals surface area (Å²) in [5, 5.41) is 5.72. The van der Waals surface area contributed by atoms with Gasteiger partial charge in [0.25, 0.3) is 5.91 Å². The van der Waals surface area contributed by atoms with E-state index in [1.54, 1.807) is 32.4 Å². The zero-order valence-corrected chi connectivity index (χ0v) is 13.0. The monoisotopic (exact) mass is 314 g/mol. The maximum Gasteiger partial charge on any atom is 0.271 e. The summed E-state index contributed by atoms with van der Waals surface area (Å²) >= 11 is 0. The minimum Gasteiger partial charge on any atom is -0.493 e. The van der Waals surface area contributed by atoms with Crippen LogP contribution in [-0.4, -0.2) is 36.6 Å². The molecule has 0 aliphatic carbocycles. The first-order valence-corrected chi connectivity index (χ1v) is 6.88. The third-order valence-electron chi connectivity index (χ3n) is 2.95. The summed E-state index contributed by atoms with van der Waals surface area (Å²) in [4.78, 5) is 20.0. The molecule has 23 heavy (non-hydrogen) atoms. The summed E-state index contributed by atoms with van der Waals surface area (Å²) in [7, 11) is 3.14. The van der Waals surface area contributed by atoms with Crippen molar-refractivity contribution in [2.75, 3.05) is 26.1 Å². The fourth-order valence-electron chi connectivity index (χ4n) is 1.83. The van der Waals surface area contributed by atoms with E-state index in [-0.39, 0.29) is 11.6 Å². The number of rotatable bonds is 7. The average molecular weight is 314 g/mol. The summed E-state index contributed by atoms with van der Waals surface area (Å²) in [6, 6.07) is 5.39. The number of ether oxygens (including phenoxy) is 2. The molecule has 0 saturated heterocycles. The van der Waals surface area contributed by atoms with Crippen LogP contribution in [0.3, 0.4) is 0 Å². The molecule has 2 rings (SSSR count). The van der Waals surface area contributed by atoms with Gasteiger partial charge >= 0.3 is 0 Å². The highest BCUT2D eigenvalue weighted by atomic mass is 16.5. The van der Waals surface area contributed by atoms with Gasteiger partial charge in [0.1, 0.15) is 11.5 Å². The first-order valence-electron chi connectivity index (χ1n) is 6.88. The summed E-state index contributed by atoms with van der Waals surface area (Å²) in [6.07, 6.45) is 4.49. The summed E-state index contributed by atoms with van der Waals surface area (Å²) in [5.41, 5.74) is 1.01. The number of hydrogen-bond donors (Lipinski definition) is 2. The number of amides is 1. The molecule has 0 unspecified atom stereocenters. The average Bonchev–Trinajstić information content (AvgIpc) is 2.60. The Balaban J connectivity index is 2.09. The van der Waals surface area contributed by atoms with E-state index in [4.69, 9.17) is 9.47 Å². The summed E-state index contributed by atoms with van der Waals surface area (Å²) in [6.45, 7) is 3.91. The van der Waals surface area contributed by atoms with Crippen LogP contribution < -0.4 is 20.1 Å². The Labute approximate surface area is 134 Å². The number of benzene rings is 1. The van der Waals surface area contributed by atoms with Gasteiger partial charge in [0, 0.05) is 18.3 Å². The van der Waals surface area contributed by atoms with E-state index in [1.807, 2.05) is 6.07 Å². The van der Waals surface area contributed by atoms with Gasteiger partial charge in [-0.2, -0.15) is 0 Å². The van der Waals surface area contributed by atoms with Crippen LogP contribution in [0.2, 0.25) is 0 Å². The van der Waals surface area contributed by atoms with Crippen LogP contribution in [0.4, 0.5) is 11.5 Å². The molecule has 1 amide bonds. The second kappa shape index (κ2) is 7.79. The van der Waals surface area contributed by atoms with Gasteiger partial charge in [0.2, 0.25) is 0 Å². The van der Waals surface area contributed by atoms with Crippen LogP contribution in [0, 0.1) is 0 Å². The standard InChI is InChI=1S/C16H18N4O3/c1-4-7-17-16(21)12-9-19-15(10-18-12)20-11-5-6-13(22-2)14(8-11)23-3/h4-6,8-10H,1,7H2,2-3H3,(H,17,21)(H,19,20). The maximum atomic E-state index is 11.7. The highest BCUT2D eigenvalue weighted by Crippen LogP contribution is 2.30. The van der Waals surface area contributed by atoms with Gasteiger partial charge in [0.05, 0.1) is 26.6 Å². The van der Waals surface area contributed by atoms with E-state index in [9.17, 15) is 4.79 Å². The van der Waals surface area contributed by atoms with Crippen molar-refractivity contribution in [3.8, 4) is 11.5 Å². The molecule has 1 heterocycles. The van der Waals surface area contributed by atoms with Crippen molar-refractivity contribution in [2.45, 2.75) is 0 Å². The van der Waals surface area contributed by atoms with Gasteiger partial charge < -0.3 is 20.1 Å². The molecule has 0 aliphatic rings. The predicted molar refractivity (Wildman–Crippen MR) is 87.4 cm³/mol. The lowest BCUT2D eigenvalue weighted by atomic mass is 10.2. The summed E-state index contributed by atoms with van der Waals surface area (Å²) < 4.78 is 10.4. The first kappa shape index (κ1) is 16.3. The molecule has 0 bridgehead atoms. The van der Waals surface area contributed by atoms with E-state index in [1.165, 1.54) is 12.4 Å².